The highest BCUT2D eigenvalue weighted by Gasteiger charge is 2.31. The summed E-state index contributed by atoms with van der Waals surface area (Å²) in [5.74, 6) is 0. The Morgan fingerprint density at radius 2 is 1.88 bits per heavy atom. The fraction of sp³-hybridized carbons (Fsp3) is 0.600. The number of benzene rings is 1. The summed E-state index contributed by atoms with van der Waals surface area (Å²) in [6.07, 6.45) is 6.59. The first kappa shape index (κ1) is 11.2. The Kier molecular flexibility index (Phi) is 3.17. The van der Waals surface area contributed by atoms with Gasteiger partial charge in [0.2, 0.25) is 0 Å². The van der Waals surface area contributed by atoms with Gasteiger partial charge in [0, 0.05) is 19.2 Å². The lowest BCUT2D eigenvalue weighted by atomic mass is 9.84. The Labute approximate surface area is 103 Å². The van der Waals surface area contributed by atoms with E-state index in [0.717, 1.165) is 0 Å². The summed E-state index contributed by atoms with van der Waals surface area (Å²) < 4.78 is 5.32. The van der Waals surface area contributed by atoms with Gasteiger partial charge in [-0.25, -0.2) is 0 Å². The van der Waals surface area contributed by atoms with Crippen molar-refractivity contribution in [3.63, 3.8) is 0 Å². The van der Waals surface area contributed by atoms with E-state index in [1.165, 1.54) is 32.1 Å². The van der Waals surface area contributed by atoms with Gasteiger partial charge in [0.25, 0.3) is 0 Å². The molecule has 2 nitrogen and oxygen atoms in total. The molecule has 1 aromatic rings. The molecule has 2 aliphatic rings. The van der Waals surface area contributed by atoms with Crippen LogP contribution in [0, 0.1) is 0 Å². The summed E-state index contributed by atoms with van der Waals surface area (Å²) in [6, 6.07) is 10.2. The molecule has 0 heterocycles. The second-order valence-electron chi connectivity index (χ2n) is 5.40. The molecule has 0 spiro atoms. The van der Waals surface area contributed by atoms with Gasteiger partial charge < -0.3 is 10.1 Å². The van der Waals surface area contributed by atoms with Crippen LogP contribution in [0.3, 0.4) is 0 Å². The molecule has 0 aliphatic heterocycles. The van der Waals surface area contributed by atoms with E-state index in [-0.39, 0.29) is 0 Å². The van der Waals surface area contributed by atoms with Gasteiger partial charge in [0.15, 0.2) is 0 Å². The van der Waals surface area contributed by atoms with Crippen molar-refractivity contribution in [3.05, 3.63) is 35.4 Å². The fourth-order valence-corrected chi connectivity index (χ4v) is 3.07. The maximum Gasteiger partial charge on any atom is 0.0601 e. The third-order valence-corrected chi connectivity index (χ3v) is 4.25. The van der Waals surface area contributed by atoms with Crippen LogP contribution in [-0.4, -0.2) is 25.3 Å². The van der Waals surface area contributed by atoms with Crippen LogP contribution in [0.15, 0.2) is 24.3 Å². The Morgan fingerprint density at radius 3 is 2.65 bits per heavy atom. The number of nitrogens with one attached hydrogen (secondary N) is 1. The van der Waals surface area contributed by atoms with Crippen LogP contribution in [0.2, 0.25) is 0 Å². The van der Waals surface area contributed by atoms with E-state index in [9.17, 15) is 0 Å². The van der Waals surface area contributed by atoms with Crippen molar-refractivity contribution >= 4 is 0 Å². The van der Waals surface area contributed by atoms with Crippen LogP contribution in [0.25, 0.3) is 0 Å². The Bertz CT molecular complexity index is 384. The zero-order valence-electron chi connectivity index (χ0n) is 10.5. The first-order valence-corrected chi connectivity index (χ1v) is 6.71. The average Bonchev–Trinajstić information content (AvgIpc) is 2.33. The molecule has 1 atom stereocenters. The van der Waals surface area contributed by atoms with Crippen molar-refractivity contribution in [2.24, 2.45) is 0 Å². The average molecular weight is 231 g/mol. The topological polar surface area (TPSA) is 21.3 Å². The molecule has 0 bridgehead atoms. The Hall–Kier alpha value is -0.860. The van der Waals surface area contributed by atoms with E-state index >= 15 is 0 Å². The van der Waals surface area contributed by atoms with E-state index in [4.69, 9.17) is 4.74 Å². The second-order valence-corrected chi connectivity index (χ2v) is 5.40. The molecule has 3 rings (SSSR count). The highest BCUT2D eigenvalue weighted by molar-refractivity contribution is 5.30. The molecule has 1 N–H and O–H groups in total. The van der Waals surface area contributed by atoms with Gasteiger partial charge >= 0.3 is 0 Å². The Morgan fingerprint density at radius 1 is 1.12 bits per heavy atom. The molecular weight excluding hydrogens is 210 g/mol. The molecule has 2 aliphatic carbocycles. The smallest absolute Gasteiger partial charge is 0.0601 e. The normalized spacial score (nSPS) is 31.7. The molecule has 0 radical (unpaired) electrons. The SMILES string of the molecule is COC1CC(NC2CCc3ccccc3C2)C1. The molecule has 1 saturated carbocycles. The first-order chi connectivity index (χ1) is 8.35. The third kappa shape index (κ3) is 2.38. The highest BCUT2D eigenvalue weighted by Crippen LogP contribution is 2.26. The molecule has 0 amide bonds. The third-order valence-electron chi connectivity index (χ3n) is 4.25. The molecule has 1 aromatic carbocycles. The zero-order valence-corrected chi connectivity index (χ0v) is 10.5. The van der Waals surface area contributed by atoms with Crippen molar-refractivity contribution in [1.29, 1.82) is 0 Å². The summed E-state index contributed by atoms with van der Waals surface area (Å²) in [5.41, 5.74) is 3.09. The van der Waals surface area contributed by atoms with E-state index in [0.29, 0.717) is 18.2 Å². The van der Waals surface area contributed by atoms with Crippen LogP contribution in [0.1, 0.15) is 30.4 Å². The molecule has 17 heavy (non-hydrogen) atoms. The van der Waals surface area contributed by atoms with E-state index in [1.807, 2.05) is 7.11 Å². The van der Waals surface area contributed by atoms with Crippen molar-refractivity contribution in [1.82, 2.24) is 5.32 Å². The van der Waals surface area contributed by atoms with Gasteiger partial charge in [-0.05, 0) is 43.2 Å². The molecule has 92 valence electrons. The van der Waals surface area contributed by atoms with Crippen molar-refractivity contribution in [3.8, 4) is 0 Å². The van der Waals surface area contributed by atoms with Gasteiger partial charge in [-0.3, -0.25) is 0 Å². The lowest BCUT2D eigenvalue weighted by Gasteiger charge is -2.38. The maximum absolute atomic E-state index is 5.32. The summed E-state index contributed by atoms with van der Waals surface area (Å²) in [6.45, 7) is 0. The van der Waals surface area contributed by atoms with Crippen LogP contribution in [-0.2, 0) is 17.6 Å². The van der Waals surface area contributed by atoms with Gasteiger partial charge in [-0.1, -0.05) is 24.3 Å². The van der Waals surface area contributed by atoms with E-state index in [2.05, 4.69) is 29.6 Å². The summed E-state index contributed by atoms with van der Waals surface area (Å²) in [4.78, 5) is 0. The summed E-state index contributed by atoms with van der Waals surface area (Å²) in [5, 5.41) is 3.78. The lowest BCUT2D eigenvalue weighted by molar-refractivity contribution is 0.0137. The number of methoxy groups -OCH3 is 1. The van der Waals surface area contributed by atoms with Crippen LogP contribution >= 0.6 is 0 Å². The molecule has 1 unspecified atom stereocenters. The quantitative estimate of drug-likeness (QED) is 0.862. The van der Waals surface area contributed by atoms with E-state index in [1.54, 1.807) is 11.1 Å². The number of hydrogen-bond donors (Lipinski definition) is 1. The number of hydrogen-bond acceptors (Lipinski definition) is 2. The molecule has 0 saturated heterocycles. The predicted molar refractivity (Wildman–Crippen MR) is 69.2 cm³/mol. The van der Waals surface area contributed by atoms with Crippen LogP contribution in [0.4, 0.5) is 0 Å². The van der Waals surface area contributed by atoms with Gasteiger partial charge in [-0.2, -0.15) is 0 Å². The maximum atomic E-state index is 5.32. The monoisotopic (exact) mass is 231 g/mol. The standard InChI is InChI=1S/C15H21NO/c1-17-15-9-14(10-15)16-13-7-6-11-4-2-3-5-12(11)8-13/h2-5,13-16H,6-10H2,1H3. The minimum absolute atomic E-state index is 0.503. The Balaban J connectivity index is 1.54. The number of rotatable bonds is 3. The minimum Gasteiger partial charge on any atom is -0.381 e. The summed E-state index contributed by atoms with van der Waals surface area (Å²) in [7, 11) is 1.82. The largest absolute Gasteiger partial charge is 0.381 e. The molecule has 1 fully saturated rings. The van der Waals surface area contributed by atoms with Crippen LogP contribution in [0.5, 0.6) is 0 Å². The van der Waals surface area contributed by atoms with Crippen molar-refractivity contribution in [2.75, 3.05) is 7.11 Å². The molecule has 0 aromatic heterocycles. The molecule has 2 heteroatoms. The van der Waals surface area contributed by atoms with Gasteiger partial charge in [0.1, 0.15) is 0 Å². The number of aryl methyl sites for hydroxylation is 1. The lowest BCUT2D eigenvalue weighted by Crippen LogP contribution is -2.50. The fourth-order valence-electron chi connectivity index (χ4n) is 3.07. The minimum atomic E-state index is 0.503. The number of fused-ring (bicyclic) bond motifs is 1. The predicted octanol–water partition coefficient (Wildman–Crippen LogP) is 2.31. The highest BCUT2D eigenvalue weighted by atomic mass is 16.5. The zero-order chi connectivity index (χ0) is 11.7. The van der Waals surface area contributed by atoms with Gasteiger partial charge in [0.05, 0.1) is 6.10 Å². The van der Waals surface area contributed by atoms with Gasteiger partial charge in [-0.15, -0.1) is 0 Å². The second kappa shape index (κ2) is 4.79. The molecular formula is C15H21NO. The number of ether oxygens (including phenoxy) is 1. The first-order valence-electron chi connectivity index (χ1n) is 6.71. The van der Waals surface area contributed by atoms with Crippen molar-refractivity contribution in [2.45, 2.75) is 50.3 Å². The summed E-state index contributed by atoms with van der Waals surface area (Å²) >= 11 is 0. The van der Waals surface area contributed by atoms with Crippen molar-refractivity contribution < 1.29 is 4.74 Å². The van der Waals surface area contributed by atoms with E-state index < -0.39 is 0 Å². The van der Waals surface area contributed by atoms with Crippen LogP contribution < -0.4 is 5.32 Å².